The van der Waals surface area contributed by atoms with E-state index in [1.54, 1.807) is 66.7 Å². The fourth-order valence-corrected chi connectivity index (χ4v) is 2.55. The minimum atomic E-state index is -1.27. The maximum atomic E-state index is 14.1. The average molecular weight is 306 g/mol. The number of hydrogen-bond acceptors (Lipinski definition) is 2. The van der Waals surface area contributed by atoms with E-state index in [-0.39, 0.29) is 0 Å². The molecule has 3 aromatic rings. The third-order valence-electron chi connectivity index (χ3n) is 3.72. The Balaban J connectivity index is 2.04. The van der Waals surface area contributed by atoms with Gasteiger partial charge in [-0.25, -0.2) is 4.39 Å². The molecule has 0 aliphatic rings. The van der Waals surface area contributed by atoms with Gasteiger partial charge in [0.2, 0.25) is 0 Å². The SMILES string of the molecule is O=C(c1ccccc1-c1ccccc1F)C(O)c1ccccc1. The fourth-order valence-electron chi connectivity index (χ4n) is 2.55. The van der Waals surface area contributed by atoms with Crippen molar-refractivity contribution in [2.75, 3.05) is 0 Å². The summed E-state index contributed by atoms with van der Waals surface area (Å²) in [6.07, 6.45) is -1.27. The number of carbonyl (C=O) groups excluding carboxylic acids is 1. The molecule has 0 fully saturated rings. The third kappa shape index (κ3) is 3.05. The molecule has 0 spiro atoms. The Morgan fingerprint density at radius 1 is 0.783 bits per heavy atom. The lowest BCUT2D eigenvalue weighted by Gasteiger charge is -2.14. The van der Waals surface area contributed by atoms with Crippen LogP contribution in [0, 0.1) is 5.82 Å². The third-order valence-corrected chi connectivity index (χ3v) is 3.72. The van der Waals surface area contributed by atoms with Crippen LogP contribution in [0.25, 0.3) is 11.1 Å². The van der Waals surface area contributed by atoms with Crippen LogP contribution in [0.15, 0.2) is 78.9 Å². The van der Waals surface area contributed by atoms with Gasteiger partial charge in [-0.15, -0.1) is 0 Å². The maximum absolute atomic E-state index is 14.1. The van der Waals surface area contributed by atoms with Gasteiger partial charge in [-0.2, -0.15) is 0 Å². The largest absolute Gasteiger partial charge is 0.380 e. The summed E-state index contributed by atoms with van der Waals surface area (Å²) in [7, 11) is 0. The van der Waals surface area contributed by atoms with Gasteiger partial charge < -0.3 is 5.11 Å². The highest BCUT2D eigenvalue weighted by molar-refractivity contribution is 6.05. The molecule has 0 aliphatic carbocycles. The molecule has 0 radical (unpaired) electrons. The van der Waals surface area contributed by atoms with Gasteiger partial charge in [0.25, 0.3) is 0 Å². The molecule has 1 N–H and O–H groups in total. The molecule has 0 bridgehead atoms. The number of aliphatic hydroxyl groups excluding tert-OH is 1. The number of Topliss-reactive ketones (excluding diaryl/α,β-unsaturated/α-hetero) is 1. The van der Waals surface area contributed by atoms with Gasteiger partial charge in [0, 0.05) is 11.1 Å². The van der Waals surface area contributed by atoms with E-state index in [0.29, 0.717) is 22.3 Å². The number of benzene rings is 3. The molecule has 3 rings (SSSR count). The Morgan fingerprint density at radius 3 is 2.04 bits per heavy atom. The van der Waals surface area contributed by atoms with Crippen molar-refractivity contribution in [1.82, 2.24) is 0 Å². The number of ketones is 1. The Bertz CT molecular complexity index is 828. The van der Waals surface area contributed by atoms with Crippen LogP contribution in [0.3, 0.4) is 0 Å². The smallest absolute Gasteiger partial charge is 0.196 e. The minimum absolute atomic E-state index is 0.300. The molecule has 3 heteroatoms. The van der Waals surface area contributed by atoms with E-state index in [1.165, 1.54) is 6.07 Å². The van der Waals surface area contributed by atoms with E-state index >= 15 is 0 Å². The Hall–Kier alpha value is -2.78. The lowest BCUT2D eigenvalue weighted by Crippen LogP contribution is -2.13. The van der Waals surface area contributed by atoms with Crippen LogP contribution < -0.4 is 0 Å². The predicted octanol–water partition coefficient (Wildman–Crippen LogP) is 4.41. The number of hydrogen-bond donors (Lipinski definition) is 1. The van der Waals surface area contributed by atoms with Crippen molar-refractivity contribution in [2.45, 2.75) is 6.10 Å². The van der Waals surface area contributed by atoms with Gasteiger partial charge >= 0.3 is 0 Å². The highest BCUT2D eigenvalue weighted by Crippen LogP contribution is 2.29. The van der Waals surface area contributed by atoms with Crippen LogP contribution in [0.2, 0.25) is 0 Å². The van der Waals surface area contributed by atoms with E-state index in [4.69, 9.17) is 0 Å². The van der Waals surface area contributed by atoms with E-state index in [9.17, 15) is 14.3 Å². The Morgan fingerprint density at radius 2 is 1.35 bits per heavy atom. The highest BCUT2D eigenvalue weighted by Gasteiger charge is 2.22. The monoisotopic (exact) mass is 306 g/mol. The topological polar surface area (TPSA) is 37.3 Å². The molecule has 0 aromatic heterocycles. The zero-order valence-corrected chi connectivity index (χ0v) is 12.3. The molecule has 1 atom stereocenters. The van der Waals surface area contributed by atoms with Gasteiger partial charge in [0.1, 0.15) is 11.9 Å². The first-order valence-electron chi connectivity index (χ1n) is 7.29. The van der Waals surface area contributed by atoms with Crippen LogP contribution in [-0.2, 0) is 0 Å². The molecule has 0 amide bonds. The quantitative estimate of drug-likeness (QED) is 0.725. The lowest BCUT2D eigenvalue weighted by atomic mass is 9.92. The van der Waals surface area contributed by atoms with Crippen molar-refractivity contribution in [3.05, 3.63) is 95.8 Å². The zero-order valence-electron chi connectivity index (χ0n) is 12.3. The maximum Gasteiger partial charge on any atom is 0.196 e. The lowest BCUT2D eigenvalue weighted by molar-refractivity contribution is 0.0748. The number of halogens is 1. The first kappa shape index (κ1) is 15.1. The van der Waals surface area contributed by atoms with Gasteiger partial charge in [-0.3, -0.25) is 4.79 Å². The van der Waals surface area contributed by atoms with Crippen molar-refractivity contribution in [2.24, 2.45) is 0 Å². The summed E-state index contributed by atoms with van der Waals surface area (Å²) in [5.74, 6) is -0.850. The van der Waals surface area contributed by atoms with E-state index in [0.717, 1.165) is 0 Å². The van der Waals surface area contributed by atoms with Crippen LogP contribution in [0.4, 0.5) is 4.39 Å². The van der Waals surface area contributed by atoms with Crippen LogP contribution in [-0.4, -0.2) is 10.9 Å². The zero-order chi connectivity index (χ0) is 16.2. The molecule has 0 aliphatic heterocycles. The molecule has 0 saturated carbocycles. The van der Waals surface area contributed by atoms with Gasteiger partial charge in [-0.05, 0) is 17.2 Å². The molecule has 3 aromatic carbocycles. The highest BCUT2D eigenvalue weighted by atomic mass is 19.1. The summed E-state index contributed by atoms with van der Waals surface area (Å²) < 4.78 is 14.1. The van der Waals surface area contributed by atoms with Gasteiger partial charge in [-0.1, -0.05) is 72.8 Å². The normalized spacial score (nSPS) is 11.9. The molecular formula is C20H15FO2. The van der Waals surface area contributed by atoms with Crippen molar-refractivity contribution in [3.8, 4) is 11.1 Å². The molecule has 2 nitrogen and oxygen atoms in total. The summed E-state index contributed by atoms with van der Waals surface area (Å²) in [6, 6.07) is 21.7. The molecule has 23 heavy (non-hydrogen) atoms. The standard InChI is InChI=1S/C20H15FO2/c21-18-13-7-6-11-16(18)15-10-4-5-12-17(15)20(23)19(22)14-8-2-1-3-9-14/h1-13,19,22H. The summed E-state index contributed by atoms with van der Waals surface area (Å²) >= 11 is 0. The van der Waals surface area contributed by atoms with E-state index in [2.05, 4.69) is 0 Å². The summed E-state index contributed by atoms with van der Waals surface area (Å²) in [6.45, 7) is 0. The van der Waals surface area contributed by atoms with Crippen LogP contribution in [0.1, 0.15) is 22.0 Å². The predicted molar refractivity (Wildman–Crippen MR) is 87.6 cm³/mol. The van der Waals surface area contributed by atoms with E-state index < -0.39 is 17.7 Å². The molecular weight excluding hydrogens is 291 g/mol. The van der Waals surface area contributed by atoms with Crippen molar-refractivity contribution in [1.29, 1.82) is 0 Å². The fraction of sp³-hybridized carbons (Fsp3) is 0.0500. The van der Waals surface area contributed by atoms with Crippen molar-refractivity contribution >= 4 is 5.78 Å². The van der Waals surface area contributed by atoms with E-state index in [1.807, 2.05) is 6.07 Å². The second-order valence-electron chi connectivity index (χ2n) is 5.20. The molecule has 0 heterocycles. The first-order chi connectivity index (χ1) is 11.2. The minimum Gasteiger partial charge on any atom is -0.380 e. The van der Waals surface area contributed by atoms with Gasteiger partial charge in [0.15, 0.2) is 5.78 Å². The molecule has 1 unspecified atom stereocenters. The van der Waals surface area contributed by atoms with Gasteiger partial charge in [0.05, 0.1) is 0 Å². The summed E-state index contributed by atoms with van der Waals surface area (Å²) in [4.78, 5) is 12.7. The Labute approximate surface area is 133 Å². The number of aliphatic hydroxyl groups is 1. The van der Waals surface area contributed by atoms with Crippen molar-refractivity contribution in [3.63, 3.8) is 0 Å². The number of rotatable bonds is 4. The van der Waals surface area contributed by atoms with Crippen LogP contribution >= 0.6 is 0 Å². The second-order valence-corrected chi connectivity index (χ2v) is 5.20. The summed E-state index contributed by atoms with van der Waals surface area (Å²) in [5.41, 5.74) is 1.64. The molecule has 0 saturated heterocycles. The first-order valence-corrected chi connectivity index (χ1v) is 7.29. The summed E-state index contributed by atoms with van der Waals surface area (Å²) in [5, 5.41) is 10.3. The average Bonchev–Trinajstić information content (AvgIpc) is 2.62. The molecule has 114 valence electrons. The van der Waals surface area contributed by atoms with Crippen LogP contribution in [0.5, 0.6) is 0 Å². The Kier molecular flexibility index (Phi) is 4.31. The van der Waals surface area contributed by atoms with Crippen molar-refractivity contribution < 1.29 is 14.3 Å². The number of carbonyl (C=O) groups is 1. The second kappa shape index (κ2) is 6.55.